The Morgan fingerprint density at radius 2 is 2.03 bits per heavy atom. The lowest BCUT2D eigenvalue weighted by atomic mass is 9.89. The van der Waals surface area contributed by atoms with Crippen LogP contribution < -0.4 is 15.0 Å². The quantitative estimate of drug-likeness (QED) is 0.516. The molecule has 3 aromatic rings. The van der Waals surface area contributed by atoms with Crippen LogP contribution in [0.15, 0.2) is 36.7 Å². The number of rotatable bonds is 7. The van der Waals surface area contributed by atoms with Gasteiger partial charge < -0.3 is 24.5 Å². The predicted molar refractivity (Wildman–Crippen MR) is 133 cm³/mol. The van der Waals surface area contributed by atoms with Gasteiger partial charge in [0.2, 0.25) is 0 Å². The molecule has 0 amide bonds. The van der Waals surface area contributed by atoms with E-state index >= 15 is 0 Å². The fourth-order valence-corrected chi connectivity index (χ4v) is 5.55. The summed E-state index contributed by atoms with van der Waals surface area (Å²) in [5.41, 5.74) is 4.44. The summed E-state index contributed by atoms with van der Waals surface area (Å²) in [5, 5.41) is 14.2. The summed E-state index contributed by atoms with van der Waals surface area (Å²) in [6.45, 7) is 3.16. The Hall–Kier alpha value is -2.28. The minimum absolute atomic E-state index is 0.106. The molecule has 1 aromatic carbocycles. The zero-order valence-corrected chi connectivity index (χ0v) is 20.0. The van der Waals surface area contributed by atoms with Crippen molar-refractivity contribution in [3.63, 3.8) is 0 Å². The Morgan fingerprint density at radius 3 is 2.82 bits per heavy atom. The molecule has 0 radical (unpaired) electrons. The van der Waals surface area contributed by atoms with Crippen LogP contribution in [0.2, 0.25) is 5.02 Å². The maximum atomic E-state index is 9.86. The van der Waals surface area contributed by atoms with Crippen molar-refractivity contribution in [3.05, 3.63) is 47.2 Å². The molecule has 2 N–H and O–H groups in total. The molecule has 2 aromatic heterocycles. The third-order valence-corrected chi connectivity index (χ3v) is 7.54. The number of halogens is 1. The van der Waals surface area contributed by atoms with E-state index in [1.165, 1.54) is 50.8 Å². The number of imidazole rings is 1. The second-order valence-electron chi connectivity index (χ2n) is 9.42. The molecule has 0 bridgehead atoms. The molecule has 1 saturated carbocycles. The number of fused-ring (bicyclic) bond motifs is 1. The maximum Gasteiger partial charge on any atom is 0.139 e. The lowest BCUT2D eigenvalue weighted by molar-refractivity contribution is 0.281. The number of aliphatic hydroxyl groups is 1. The Kier molecular flexibility index (Phi) is 6.76. The van der Waals surface area contributed by atoms with Crippen molar-refractivity contribution in [1.82, 2.24) is 14.7 Å². The lowest BCUT2D eigenvalue weighted by Crippen LogP contribution is -2.36. The van der Waals surface area contributed by atoms with Crippen LogP contribution >= 0.6 is 11.6 Å². The highest BCUT2D eigenvalue weighted by molar-refractivity contribution is 6.32. The standard InChI is InChI=1S/C26H33ClN4O2/c1-33-25-11-19(17-32)22(13-23(25)27)24-16-31-10-8-21(12-26(31)29-24)30-9-7-20(15-30)28-14-18-5-3-2-4-6-18/h8,10-13,16,18,20,28,32H,2-7,9,14-15,17H2,1H3/t20-/m0/s1. The average molecular weight is 469 g/mol. The fourth-order valence-electron chi connectivity index (χ4n) is 5.30. The number of aliphatic hydroxyl groups excluding tert-OH is 1. The number of ether oxygens (including phenoxy) is 1. The van der Waals surface area contributed by atoms with E-state index in [-0.39, 0.29) is 6.61 Å². The molecule has 0 spiro atoms. The largest absolute Gasteiger partial charge is 0.495 e. The molecule has 5 rings (SSSR count). The number of nitrogens with one attached hydrogen (secondary N) is 1. The maximum absolute atomic E-state index is 9.86. The fraction of sp³-hybridized carbons (Fsp3) is 0.500. The van der Waals surface area contributed by atoms with Crippen LogP contribution in [0, 0.1) is 5.92 Å². The summed E-state index contributed by atoms with van der Waals surface area (Å²) >= 11 is 6.35. The van der Waals surface area contributed by atoms with Crippen molar-refractivity contribution >= 4 is 22.9 Å². The minimum atomic E-state index is -0.106. The third-order valence-electron chi connectivity index (χ3n) is 7.24. The average Bonchev–Trinajstić information content (AvgIpc) is 3.50. The third kappa shape index (κ3) is 4.84. The van der Waals surface area contributed by atoms with Gasteiger partial charge in [-0.1, -0.05) is 30.9 Å². The van der Waals surface area contributed by atoms with Gasteiger partial charge in [0.1, 0.15) is 11.4 Å². The van der Waals surface area contributed by atoms with E-state index in [1.54, 1.807) is 13.2 Å². The molecular formula is C26H33ClN4O2. The normalized spacial score (nSPS) is 19.5. The Bertz CT molecular complexity index is 1110. The first-order valence-corrected chi connectivity index (χ1v) is 12.5. The van der Waals surface area contributed by atoms with Gasteiger partial charge >= 0.3 is 0 Å². The van der Waals surface area contributed by atoms with Crippen molar-refractivity contribution in [2.75, 3.05) is 31.6 Å². The molecule has 0 unspecified atom stereocenters. The van der Waals surface area contributed by atoms with E-state index in [1.807, 2.05) is 16.7 Å². The number of anilines is 1. The summed E-state index contributed by atoms with van der Waals surface area (Å²) in [4.78, 5) is 7.30. The highest BCUT2D eigenvalue weighted by Gasteiger charge is 2.24. The smallest absolute Gasteiger partial charge is 0.139 e. The van der Waals surface area contributed by atoms with E-state index in [0.717, 1.165) is 41.5 Å². The van der Waals surface area contributed by atoms with Crippen LogP contribution in [0.25, 0.3) is 16.9 Å². The molecule has 176 valence electrons. The molecular weight excluding hydrogens is 436 g/mol. The highest BCUT2D eigenvalue weighted by Crippen LogP contribution is 2.34. The SMILES string of the molecule is COc1cc(CO)c(-c2cn3ccc(N4CC[C@H](NCC5CCCCC5)C4)cc3n2)cc1Cl. The summed E-state index contributed by atoms with van der Waals surface area (Å²) in [7, 11) is 1.57. The number of hydrogen-bond acceptors (Lipinski definition) is 5. The summed E-state index contributed by atoms with van der Waals surface area (Å²) in [6.07, 6.45) is 12.2. The van der Waals surface area contributed by atoms with Crippen LogP contribution in [0.3, 0.4) is 0 Å². The van der Waals surface area contributed by atoms with E-state index in [9.17, 15) is 5.11 Å². The van der Waals surface area contributed by atoms with Gasteiger partial charge in [-0.15, -0.1) is 0 Å². The molecule has 6 nitrogen and oxygen atoms in total. The van der Waals surface area contributed by atoms with Crippen molar-refractivity contribution in [2.24, 2.45) is 5.92 Å². The van der Waals surface area contributed by atoms with E-state index in [2.05, 4.69) is 28.5 Å². The van der Waals surface area contributed by atoms with E-state index < -0.39 is 0 Å². The first-order valence-electron chi connectivity index (χ1n) is 12.1. The number of methoxy groups -OCH3 is 1. The van der Waals surface area contributed by atoms with Gasteiger partial charge in [0, 0.05) is 48.8 Å². The van der Waals surface area contributed by atoms with Crippen LogP contribution in [0.1, 0.15) is 44.1 Å². The topological polar surface area (TPSA) is 62.0 Å². The summed E-state index contributed by atoms with van der Waals surface area (Å²) in [5.74, 6) is 1.42. The highest BCUT2D eigenvalue weighted by atomic mass is 35.5. The molecule has 1 aliphatic heterocycles. The number of benzene rings is 1. The number of nitrogens with zero attached hydrogens (tertiary/aromatic N) is 3. The van der Waals surface area contributed by atoms with Crippen LogP contribution in [0.4, 0.5) is 5.69 Å². The zero-order valence-electron chi connectivity index (χ0n) is 19.3. The van der Waals surface area contributed by atoms with Crippen molar-refractivity contribution in [1.29, 1.82) is 0 Å². The molecule has 1 saturated heterocycles. The van der Waals surface area contributed by atoms with Gasteiger partial charge in [0.15, 0.2) is 0 Å². The minimum Gasteiger partial charge on any atom is -0.495 e. The van der Waals surface area contributed by atoms with Gasteiger partial charge in [0.05, 0.1) is 24.4 Å². The van der Waals surface area contributed by atoms with Crippen LogP contribution in [0.5, 0.6) is 5.75 Å². The van der Waals surface area contributed by atoms with E-state index in [4.69, 9.17) is 21.3 Å². The Balaban J connectivity index is 1.30. The Labute approximate surface area is 200 Å². The van der Waals surface area contributed by atoms with Crippen molar-refractivity contribution in [2.45, 2.75) is 51.2 Å². The molecule has 2 fully saturated rings. The molecule has 2 aliphatic rings. The zero-order chi connectivity index (χ0) is 22.8. The van der Waals surface area contributed by atoms with Gasteiger partial charge in [-0.3, -0.25) is 0 Å². The second-order valence-corrected chi connectivity index (χ2v) is 9.83. The van der Waals surface area contributed by atoms with Gasteiger partial charge in [0.25, 0.3) is 0 Å². The molecule has 3 heterocycles. The van der Waals surface area contributed by atoms with Crippen molar-refractivity contribution < 1.29 is 9.84 Å². The van der Waals surface area contributed by atoms with Crippen LogP contribution in [-0.2, 0) is 6.61 Å². The van der Waals surface area contributed by atoms with E-state index in [0.29, 0.717) is 16.8 Å². The first kappa shape index (κ1) is 22.5. The monoisotopic (exact) mass is 468 g/mol. The van der Waals surface area contributed by atoms with Gasteiger partial charge in [-0.2, -0.15) is 0 Å². The van der Waals surface area contributed by atoms with Gasteiger partial charge in [-0.25, -0.2) is 4.98 Å². The summed E-state index contributed by atoms with van der Waals surface area (Å²) in [6, 6.07) is 8.47. The lowest BCUT2D eigenvalue weighted by Gasteiger charge is -2.24. The molecule has 7 heteroatoms. The molecule has 1 aliphatic carbocycles. The Morgan fingerprint density at radius 1 is 1.18 bits per heavy atom. The molecule has 1 atom stereocenters. The number of aromatic nitrogens is 2. The first-order chi connectivity index (χ1) is 16.1. The number of hydrogen-bond donors (Lipinski definition) is 2. The van der Waals surface area contributed by atoms with Crippen molar-refractivity contribution in [3.8, 4) is 17.0 Å². The van der Waals surface area contributed by atoms with Crippen LogP contribution in [-0.4, -0.2) is 47.3 Å². The number of pyridine rings is 1. The predicted octanol–water partition coefficient (Wildman–Crippen LogP) is 4.90. The second kappa shape index (κ2) is 9.92. The summed E-state index contributed by atoms with van der Waals surface area (Å²) < 4.78 is 7.31. The molecule has 33 heavy (non-hydrogen) atoms. The van der Waals surface area contributed by atoms with Gasteiger partial charge in [-0.05, 0) is 55.5 Å².